The van der Waals surface area contributed by atoms with Crippen molar-refractivity contribution in [2.75, 3.05) is 24.3 Å². The van der Waals surface area contributed by atoms with Crippen LogP contribution in [-0.2, 0) is 4.74 Å². The zero-order valence-corrected chi connectivity index (χ0v) is 9.72. The van der Waals surface area contributed by atoms with E-state index in [1.54, 1.807) is 0 Å². The summed E-state index contributed by atoms with van der Waals surface area (Å²) in [6, 6.07) is 2.36. The fourth-order valence-corrected chi connectivity index (χ4v) is 2.58. The highest BCUT2D eigenvalue weighted by molar-refractivity contribution is 7.10. The molecule has 1 aliphatic rings. The highest BCUT2D eigenvalue weighted by Gasteiger charge is 2.20. The molecule has 4 nitrogen and oxygen atoms in total. The molecule has 2 rings (SSSR count). The van der Waals surface area contributed by atoms with E-state index in [-0.39, 0.29) is 0 Å². The van der Waals surface area contributed by atoms with E-state index >= 15 is 0 Å². The zero-order valence-electron chi connectivity index (χ0n) is 8.90. The van der Waals surface area contributed by atoms with Crippen LogP contribution in [0, 0.1) is 5.92 Å². The van der Waals surface area contributed by atoms with Crippen molar-refractivity contribution in [1.82, 2.24) is 4.37 Å². The Morgan fingerprint density at radius 2 is 2.33 bits per heavy atom. The average Bonchev–Trinajstić information content (AvgIpc) is 2.65. The molecule has 0 radical (unpaired) electrons. The monoisotopic (exact) mass is 227 g/mol. The summed E-state index contributed by atoms with van der Waals surface area (Å²) in [4.78, 5) is 0. The van der Waals surface area contributed by atoms with Crippen molar-refractivity contribution < 1.29 is 4.74 Å². The topological polar surface area (TPSA) is 60.2 Å². The Morgan fingerprint density at radius 1 is 1.60 bits per heavy atom. The summed E-state index contributed by atoms with van der Waals surface area (Å²) in [6.07, 6.45) is 2.28. The van der Waals surface area contributed by atoms with Gasteiger partial charge in [0.05, 0.1) is 0 Å². The van der Waals surface area contributed by atoms with E-state index in [0.29, 0.717) is 17.8 Å². The van der Waals surface area contributed by atoms with E-state index in [0.717, 1.165) is 31.1 Å². The Labute approximate surface area is 94.0 Å². The van der Waals surface area contributed by atoms with Crippen molar-refractivity contribution in [3.63, 3.8) is 0 Å². The normalized spacial score (nSPS) is 20.1. The van der Waals surface area contributed by atoms with Crippen molar-refractivity contribution in [2.24, 2.45) is 5.92 Å². The van der Waals surface area contributed by atoms with Gasteiger partial charge in [-0.05, 0) is 37.2 Å². The molecule has 0 aromatic carbocycles. The van der Waals surface area contributed by atoms with Crippen LogP contribution in [0.5, 0.6) is 0 Å². The van der Waals surface area contributed by atoms with Crippen LogP contribution in [0.3, 0.4) is 0 Å². The first-order valence-corrected chi connectivity index (χ1v) is 6.09. The smallest absolute Gasteiger partial charge is 0.139 e. The fraction of sp³-hybridized carbons (Fsp3) is 0.700. The van der Waals surface area contributed by atoms with Gasteiger partial charge in [-0.15, -0.1) is 0 Å². The molecule has 15 heavy (non-hydrogen) atoms. The van der Waals surface area contributed by atoms with Crippen LogP contribution in [0.1, 0.15) is 19.8 Å². The number of nitrogens with zero attached hydrogens (tertiary/aromatic N) is 1. The first kappa shape index (κ1) is 10.7. The number of nitrogens with two attached hydrogens (primary N) is 1. The van der Waals surface area contributed by atoms with Gasteiger partial charge in [0, 0.05) is 25.3 Å². The van der Waals surface area contributed by atoms with Gasteiger partial charge in [-0.2, -0.15) is 4.37 Å². The van der Waals surface area contributed by atoms with Crippen molar-refractivity contribution in [2.45, 2.75) is 25.8 Å². The molecule has 0 bridgehead atoms. The molecular formula is C10H17N3OS. The maximum Gasteiger partial charge on any atom is 0.139 e. The molecular weight excluding hydrogens is 210 g/mol. The molecule has 3 N–H and O–H groups in total. The van der Waals surface area contributed by atoms with Gasteiger partial charge < -0.3 is 15.8 Å². The van der Waals surface area contributed by atoms with E-state index in [9.17, 15) is 0 Å². The highest BCUT2D eigenvalue weighted by Crippen LogP contribution is 2.24. The second-order valence-electron chi connectivity index (χ2n) is 4.00. The second-order valence-corrected chi connectivity index (χ2v) is 4.80. The third kappa shape index (κ3) is 2.82. The minimum Gasteiger partial charge on any atom is -0.383 e. The Kier molecular flexibility index (Phi) is 3.43. The molecule has 2 heterocycles. The standard InChI is InChI=1S/C10H17N3OS/c1-7(8-2-4-14-5-3-8)12-10-6-9(11)13-15-10/h6-8,12H,2-5H2,1H3,(H2,11,13). The molecule has 0 amide bonds. The number of nitrogen functional groups attached to an aromatic ring is 1. The minimum atomic E-state index is 0.466. The summed E-state index contributed by atoms with van der Waals surface area (Å²) >= 11 is 1.42. The van der Waals surface area contributed by atoms with Crippen LogP contribution in [0.25, 0.3) is 0 Å². The maximum absolute atomic E-state index is 5.57. The van der Waals surface area contributed by atoms with Crippen LogP contribution in [0.15, 0.2) is 6.07 Å². The number of ether oxygens (including phenoxy) is 1. The lowest BCUT2D eigenvalue weighted by Gasteiger charge is -2.28. The van der Waals surface area contributed by atoms with E-state index in [4.69, 9.17) is 10.5 Å². The summed E-state index contributed by atoms with van der Waals surface area (Å²) in [5.41, 5.74) is 5.57. The van der Waals surface area contributed by atoms with Crippen molar-refractivity contribution in [3.8, 4) is 0 Å². The molecule has 1 aromatic rings. The molecule has 1 aliphatic heterocycles. The van der Waals surface area contributed by atoms with Crippen LogP contribution in [0.2, 0.25) is 0 Å². The molecule has 0 saturated carbocycles. The maximum atomic E-state index is 5.57. The van der Waals surface area contributed by atoms with Crippen LogP contribution in [0.4, 0.5) is 10.8 Å². The number of hydrogen-bond donors (Lipinski definition) is 2. The molecule has 1 aromatic heterocycles. The molecule has 1 unspecified atom stereocenters. The van der Waals surface area contributed by atoms with Gasteiger partial charge in [-0.25, -0.2) is 0 Å². The first-order chi connectivity index (χ1) is 7.25. The Morgan fingerprint density at radius 3 is 2.93 bits per heavy atom. The average molecular weight is 227 g/mol. The largest absolute Gasteiger partial charge is 0.383 e. The van der Waals surface area contributed by atoms with Gasteiger partial charge in [0.2, 0.25) is 0 Å². The molecule has 84 valence electrons. The molecule has 0 aliphatic carbocycles. The third-order valence-electron chi connectivity index (χ3n) is 2.87. The highest BCUT2D eigenvalue weighted by atomic mass is 32.1. The Hall–Kier alpha value is -0.810. The first-order valence-electron chi connectivity index (χ1n) is 5.32. The number of hydrogen-bond acceptors (Lipinski definition) is 5. The number of anilines is 2. The van der Waals surface area contributed by atoms with E-state index in [1.807, 2.05) is 6.07 Å². The van der Waals surface area contributed by atoms with Crippen molar-refractivity contribution in [1.29, 1.82) is 0 Å². The predicted molar refractivity (Wildman–Crippen MR) is 63.2 cm³/mol. The van der Waals surface area contributed by atoms with Gasteiger partial charge in [0.1, 0.15) is 10.8 Å². The summed E-state index contributed by atoms with van der Waals surface area (Å²) in [7, 11) is 0. The lowest BCUT2D eigenvalue weighted by molar-refractivity contribution is 0.0623. The SMILES string of the molecule is CC(Nc1cc(N)ns1)C1CCOCC1. The molecule has 5 heteroatoms. The second kappa shape index (κ2) is 4.81. The summed E-state index contributed by atoms with van der Waals surface area (Å²) in [5, 5.41) is 4.51. The van der Waals surface area contributed by atoms with Gasteiger partial charge in [-0.3, -0.25) is 0 Å². The molecule has 0 spiro atoms. The predicted octanol–water partition coefficient (Wildman–Crippen LogP) is 1.95. The Balaban J connectivity index is 1.88. The zero-order chi connectivity index (χ0) is 10.7. The van der Waals surface area contributed by atoms with Crippen molar-refractivity contribution in [3.05, 3.63) is 6.07 Å². The number of rotatable bonds is 3. The van der Waals surface area contributed by atoms with Gasteiger partial charge in [-0.1, -0.05) is 0 Å². The molecule has 1 fully saturated rings. The summed E-state index contributed by atoms with van der Waals surface area (Å²) < 4.78 is 9.39. The van der Waals surface area contributed by atoms with Crippen LogP contribution >= 0.6 is 11.5 Å². The lowest BCUT2D eigenvalue weighted by Crippen LogP contribution is -2.30. The van der Waals surface area contributed by atoms with Gasteiger partial charge >= 0.3 is 0 Å². The fourth-order valence-electron chi connectivity index (χ4n) is 1.91. The summed E-state index contributed by atoms with van der Waals surface area (Å²) in [6.45, 7) is 3.99. The lowest BCUT2D eigenvalue weighted by atomic mass is 9.93. The van der Waals surface area contributed by atoms with Gasteiger partial charge in [0.25, 0.3) is 0 Å². The van der Waals surface area contributed by atoms with E-state index < -0.39 is 0 Å². The van der Waals surface area contributed by atoms with Crippen LogP contribution in [-0.4, -0.2) is 23.6 Å². The Bertz CT molecular complexity index is 309. The summed E-state index contributed by atoms with van der Waals surface area (Å²) in [5.74, 6) is 1.30. The molecule has 1 saturated heterocycles. The molecule has 1 atom stereocenters. The van der Waals surface area contributed by atoms with E-state index in [1.165, 1.54) is 11.5 Å². The number of aromatic nitrogens is 1. The number of nitrogens with one attached hydrogen (secondary N) is 1. The third-order valence-corrected chi connectivity index (χ3v) is 3.61. The quantitative estimate of drug-likeness (QED) is 0.828. The van der Waals surface area contributed by atoms with Crippen LogP contribution < -0.4 is 11.1 Å². The van der Waals surface area contributed by atoms with E-state index in [2.05, 4.69) is 16.6 Å². The van der Waals surface area contributed by atoms with Gasteiger partial charge in [0.15, 0.2) is 0 Å². The minimum absolute atomic E-state index is 0.466. The van der Waals surface area contributed by atoms with Crippen molar-refractivity contribution >= 4 is 22.4 Å².